The van der Waals surface area contributed by atoms with Crippen LogP contribution in [0.3, 0.4) is 0 Å². The van der Waals surface area contributed by atoms with Gasteiger partial charge in [0.1, 0.15) is 11.5 Å². The predicted molar refractivity (Wildman–Crippen MR) is 67.1 cm³/mol. The average molecular weight is 244 g/mol. The monoisotopic (exact) mass is 244 g/mol. The van der Waals surface area contributed by atoms with E-state index in [-0.39, 0.29) is 11.3 Å². The Morgan fingerprint density at radius 1 is 1.11 bits per heavy atom. The zero-order valence-electron chi connectivity index (χ0n) is 9.75. The van der Waals surface area contributed by atoms with E-state index in [9.17, 15) is 9.90 Å². The van der Waals surface area contributed by atoms with Gasteiger partial charge in [-0.25, -0.2) is 4.79 Å². The van der Waals surface area contributed by atoms with Crippen molar-refractivity contribution in [2.75, 3.05) is 7.11 Å². The molecule has 0 atom stereocenters. The molecule has 0 saturated heterocycles. The molecule has 0 fully saturated rings. The maximum Gasteiger partial charge on any atom is 0.335 e. The van der Waals surface area contributed by atoms with E-state index in [2.05, 4.69) is 0 Å². The lowest BCUT2D eigenvalue weighted by molar-refractivity contribution is 0.0697. The van der Waals surface area contributed by atoms with E-state index in [0.29, 0.717) is 16.9 Å². The molecule has 0 radical (unpaired) electrons. The second-order valence-corrected chi connectivity index (χ2v) is 3.74. The number of phenols is 1. The van der Waals surface area contributed by atoms with Crippen molar-refractivity contribution in [3.05, 3.63) is 48.0 Å². The summed E-state index contributed by atoms with van der Waals surface area (Å²) in [7, 11) is 1.50. The van der Waals surface area contributed by atoms with Gasteiger partial charge < -0.3 is 14.9 Å². The fourth-order valence-corrected chi connectivity index (χ4v) is 1.75. The van der Waals surface area contributed by atoms with E-state index in [1.54, 1.807) is 30.3 Å². The summed E-state index contributed by atoms with van der Waals surface area (Å²) in [5, 5.41) is 18.8. The zero-order valence-corrected chi connectivity index (χ0v) is 9.75. The van der Waals surface area contributed by atoms with Crippen LogP contribution in [-0.2, 0) is 0 Å². The first-order chi connectivity index (χ1) is 8.63. The van der Waals surface area contributed by atoms with Crippen LogP contribution >= 0.6 is 0 Å². The first-order valence-corrected chi connectivity index (χ1v) is 5.33. The van der Waals surface area contributed by atoms with Gasteiger partial charge in [0.05, 0.1) is 12.7 Å². The molecule has 0 unspecified atom stereocenters. The van der Waals surface area contributed by atoms with Gasteiger partial charge in [-0.15, -0.1) is 0 Å². The highest BCUT2D eigenvalue weighted by molar-refractivity contribution is 5.91. The smallest absolute Gasteiger partial charge is 0.335 e. The highest BCUT2D eigenvalue weighted by atomic mass is 16.5. The number of phenolic OH excluding ortho intramolecular Hbond substituents is 1. The molecule has 0 saturated carbocycles. The van der Waals surface area contributed by atoms with Crippen molar-refractivity contribution in [2.24, 2.45) is 0 Å². The molecule has 18 heavy (non-hydrogen) atoms. The Balaban J connectivity index is 2.64. The van der Waals surface area contributed by atoms with Crippen molar-refractivity contribution < 1.29 is 19.7 Å². The van der Waals surface area contributed by atoms with Crippen molar-refractivity contribution in [3.8, 4) is 22.6 Å². The highest BCUT2D eigenvalue weighted by Gasteiger charge is 2.13. The lowest BCUT2D eigenvalue weighted by Crippen LogP contribution is -1.98. The van der Waals surface area contributed by atoms with Gasteiger partial charge in [0.2, 0.25) is 0 Å². The predicted octanol–water partition coefficient (Wildman–Crippen LogP) is 2.77. The van der Waals surface area contributed by atoms with Crippen molar-refractivity contribution in [2.45, 2.75) is 0 Å². The molecule has 0 aliphatic carbocycles. The van der Waals surface area contributed by atoms with Crippen LogP contribution in [0.5, 0.6) is 11.5 Å². The zero-order chi connectivity index (χ0) is 13.1. The maximum atomic E-state index is 11.0. The summed E-state index contributed by atoms with van der Waals surface area (Å²) in [6.07, 6.45) is 0. The largest absolute Gasteiger partial charge is 0.507 e. The van der Waals surface area contributed by atoms with Crippen LogP contribution in [0, 0.1) is 0 Å². The number of benzene rings is 2. The number of para-hydroxylation sites is 1. The minimum atomic E-state index is -1.02. The summed E-state index contributed by atoms with van der Waals surface area (Å²) in [6, 6.07) is 11.2. The molecule has 2 aromatic carbocycles. The van der Waals surface area contributed by atoms with E-state index < -0.39 is 5.97 Å². The molecule has 0 aromatic heterocycles. The van der Waals surface area contributed by atoms with Crippen molar-refractivity contribution >= 4 is 5.97 Å². The van der Waals surface area contributed by atoms with E-state index in [1.165, 1.54) is 19.2 Å². The van der Waals surface area contributed by atoms with Crippen molar-refractivity contribution in [1.29, 1.82) is 0 Å². The topological polar surface area (TPSA) is 66.8 Å². The van der Waals surface area contributed by atoms with Crippen LogP contribution in [-0.4, -0.2) is 23.3 Å². The Labute approximate surface area is 104 Å². The molecule has 0 aliphatic heterocycles. The number of hydrogen-bond acceptors (Lipinski definition) is 3. The van der Waals surface area contributed by atoms with Crippen LogP contribution in [0.1, 0.15) is 10.4 Å². The summed E-state index contributed by atoms with van der Waals surface area (Å²) in [5.74, 6) is -0.422. The summed E-state index contributed by atoms with van der Waals surface area (Å²) in [4.78, 5) is 11.0. The third-order valence-electron chi connectivity index (χ3n) is 2.64. The fourth-order valence-electron chi connectivity index (χ4n) is 1.75. The summed E-state index contributed by atoms with van der Waals surface area (Å²) < 4.78 is 5.19. The number of carboxylic acid groups (broad SMARTS) is 1. The molecule has 2 aromatic rings. The third kappa shape index (κ3) is 2.13. The Hall–Kier alpha value is -2.49. The maximum absolute atomic E-state index is 11.0. The van der Waals surface area contributed by atoms with Gasteiger partial charge in [0.25, 0.3) is 0 Å². The van der Waals surface area contributed by atoms with Gasteiger partial charge in [-0.2, -0.15) is 0 Å². The van der Waals surface area contributed by atoms with Crippen LogP contribution in [0.4, 0.5) is 0 Å². The van der Waals surface area contributed by atoms with Gasteiger partial charge in [-0.3, -0.25) is 0 Å². The Morgan fingerprint density at radius 3 is 2.44 bits per heavy atom. The van der Waals surface area contributed by atoms with Crippen molar-refractivity contribution in [1.82, 2.24) is 0 Å². The second kappa shape index (κ2) is 4.79. The molecular weight excluding hydrogens is 232 g/mol. The number of ether oxygens (including phenoxy) is 1. The average Bonchev–Trinajstić information content (AvgIpc) is 2.38. The molecule has 4 heteroatoms. The van der Waals surface area contributed by atoms with Gasteiger partial charge in [-0.05, 0) is 24.3 Å². The lowest BCUT2D eigenvalue weighted by atomic mass is 10.0. The molecule has 4 nitrogen and oxygen atoms in total. The third-order valence-corrected chi connectivity index (χ3v) is 2.64. The van der Waals surface area contributed by atoms with E-state index in [0.717, 1.165) is 0 Å². The first-order valence-electron chi connectivity index (χ1n) is 5.33. The number of rotatable bonds is 3. The molecule has 0 amide bonds. The molecule has 0 aliphatic rings. The van der Waals surface area contributed by atoms with E-state index in [4.69, 9.17) is 9.84 Å². The molecule has 0 spiro atoms. The molecule has 2 rings (SSSR count). The number of aromatic carboxylic acids is 1. The standard InChI is InChI=1S/C14H12O4/c1-18-13-7-6-9(14(16)17)8-11(13)10-4-2-3-5-12(10)15/h2-8,15H,1H3,(H,16,17). The van der Waals surface area contributed by atoms with Crippen LogP contribution < -0.4 is 4.74 Å². The number of aromatic hydroxyl groups is 1. The van der Waals surface area contributed by atoms with E-state index >= 15 is 0 Å². The van der Waals surface area contributed by atoms with Gasteiger partial charge in [-0.1, -0.05) is 18.2 Å². The van der Waals surface area contributed by atoms with E-state index in [1.807, 2.05) is 0 Å². The fraction of sp³-hybridized carbons (Fsp3) is 0.0714. The Morgan fingerprint density at radius 2 is 1.83 bits per heavy atom. The minimum absolute atomic E-state index is 0.0818. The molecular formula is C14H12O4. The minimum Gasteiger partial charge on any atom is -0.507 e. The normalized spacial score (nSPS) is 10.1. The number of carboxylic acids is 1. The SMILES string of the molecule is COc1ccc(C(=O)O)cc1-c1ccccc1O. The second-order valence-electron chi connectivity index (χ2n) is 3.74. The molecule has 2 N–H and O–H groups in total. The van der Waals surface area contributed by atoms with Crippen LogP contribution in [0.2, 0.25) is 0 Å². The van der Waals surface area contributed by atoms with Crippen molar-refractivity contribution in [3.63, 3.8) is 0 Å². The van der Waals surface area contributed by atoms with Gasteiger partial charge in [0.15, 0.2) is 0 Å². The quantitative estimate of drug-likeness (QED) is 0.871. The molecule has 0 heterocycles. The number of methoxy groups -OCH3 is 1. The van der Waals surface area contributed by atoms with Gasteiger partial charge >= 0.3 is 5.97 Å². The lowest BCUT2D eigenvalue weighted by Gasteiger charge is -2.10. The Bertz CT molecular complexity index is 590. The van der Waals surface area contributed by atoms with Crippen LogP contribution in [0.25, 0.3) is 11.1 Å². The number of carbonyl (C=O) groups is 1. The summed E-state index contributed by atoms with van der Waals surface area (Å²) in [5.41, 5.74) is 1.24. The summed E-state index contributed by atoms with van der Waals surface area (Å²) in [6.45, 7) is 0. The highest BCUT2D eigenvalue weighted by Crippen LogP contribution is 2.36. The molecule has 0 bridgehead atoms. The Kier molecular flexibility index (Phi) is 3.19. The first kappa shape index (κ1) is 12.0. The van der Waals surface area contributed by atoms with Crippen LogP contribution in [0.15, 0.2) is 42.5 Å². The summed E-state index contributed by atoms with van der Waals surface area (Å²) >= 11 is 0. The number of hydrogen-bond donors (Lipinski definition) is 2. The molecule has 92 valence electrons. The van der Waals surface area contributed by atoms with Gasteiger partial charge in [0, 0.05) is 11.1 Å².